The van der Waals surface area contributed by atoms with Gasteiger partial charge in [-0.15, -0.1) is 10.2 Å². The predicted molar refractivity (Wildman–Crippen MR) is 55.8 cm³/mol. The fourth-order valence-electron chi connectivity index (χ4n) is 1.27. The van der Waals surface area contributed by atoms with Crippen molar-refractivity contribution in [2.75, 3.05) is 0 Å². The molecule has 74 valence electrons. The number of nitrogens with two attached hydrogens (primary N) is 1. The van der Waals surface area contributed by atoms with Crippen molar-refractivity contribution < 1.29 is 0 Å². The Morgan fingerprint density at radius 1 is 1.57 bits per heavy atom. The van der Waals surface area contributed by atoms with Gasteiger partial charge in [0.05, 0.1) is 0 Å². The number of fused-ring (bicyclic) bond motifs is 1. The van der Waals surface area contributed by atoms with Gasteiger partial charge < -0.3 is 5.73 Å². The highest BCUT2D eigenvalue weighted by atomic mass is 79.9. The average Bonchev–Trinajstić information content (AvgIpc) is 2.49. The Bertz CT molecular complexity index is 450. The van der Waals surface area contributed by atoms with Crippen LogP contribution < -0.4 is 5.73 Å². The van der Waals surface area contributed by atoms with Crippen molar-refractivity contribution in [3.63, 3.8) is 0 Å². The van der Waals surface area contributed by atoms with E-state index in [-0.39, 0.29) is 6.04 Å². The normalized spacial score (nSPS) is 13.4. The summed E-state index contributed by atoms with van der Waals surface area (Å²) in [6, 6.07) is 0.0781. The minimum Gasteiger partial charge on any atom is -0.328 e. The second-order valence-corrected chi connectivity index (χ2v) is 3.96. The summed E-state index contributed by atoms with van der Waals surface area (Å²) < 4.78 is 2.59. The Morgan fingerprint density at radius 3 is 3.07 bits per heavy atom. The van der Waals surface area contributed by atoms with Crippen LogP contribution in [-0.2, 0) is 6.42 Å². The summed E-state index contributed by atoms with van der Waals surface area (Å²) in [6.07, 6.45) is 4.24. The fourth-order valence-corrected chi connectivity index (χ4v) is 1.66. The first-order chi connectivity index (χ1) is 6.68. The molecular weight excluding hydrogens is 246 g/mol. The third kappa shape index (κ3) is 1.62. The van der Waals surface area contributed by atoms with Crippen LogP contribution in [0.1, 0.15) is 12.7 Å². The molecule has 2 rings (SSSR count). The summed E-state index contributed by atoms with van der Waals surface area (Å²) in [5, 5.41) is 8.08. The fraction of sp³-hybridized carbons (Fsp3) is 0.375. The SMILES string of the molecule is CC(N)Cc1nnc2c(Br)nccn12. The van der Waals surface area contributed by atoms with E-state index in [1.165, 1.54) is 0 Å². The molecule has 1 atom stereocenters. The molecule has 2 N–H and O–H groups in total. The van der Waals surface area contributed by atoms with Crippen LogP contribution in [0.3, 0.4) is 0 Å². The number of nitrogens with zero attached hydrogens (tertiary/aromatic N) is 4. The molecule has 0 amide bonds. The standard InChI is InChI=1S/C8H10BrN5/c1-5(10)4-6-12-13-8-7(9)11-2-3-14(6)8/h2-3,5H,4,10H2,1H3. The molecule has 0 fully saturated rings. The second-order valence-electron chi connectivity index (χ2n) is 3.21. The number of aromatic nitrogens is 4. The van der Waals surface area contributed by atoms with E-state index in [0.29, 0.717) is 11.0 Å². The highest BCUT2D eigenvalue weighted by Crippen LogP contribution is 2.13. The Morgan fingerprint density at radius 2 is 2.36 bits per heavy atom. The average molecular weight is 256 g/mol. The van der Waals surface area contributed by atoms with Gasteiger partial charge in [-0.05, 0) is 22.9 Å². The summed E-state index contributed by atoms with van der Waals surface area (Å²) in [6.45, 7) is 1.94. The molecule has 0 aliphatic carbocycles. The molecule has 1 unspecified atom stereocenters. The van der Waals surface area contributed by atoms with Crippen molar-refractivity contribution in [3.05, 3.63) is 22.8 Å². The van der Waals surface area contributed by atoms with Crippen LogP contribution in [0.15, 0.2) is 17.0 Å². The number of halogens is 1. The lowest BCUT2D eigenvalue weighted by atomic mass is 10.2. The molecule has 5 nitrogen and oxygen atoms in total. The third-order valence-electron chi connectivity index (χ3n) is 1.86. The van der Waals surface area contributed by atoms with Gasteiger partial charge in [-0.3, -0.25) is 4.40 Å². The van der Waals surface area contributed by atoms with Crippen LogP contribution in [0.4, 0.5) is 0 Å². The van der Waals surface area contributed by atoms with Crippen molar-refractivity contribution in [2.45, 2.75) is 19.4 Å². The van der Waals surface area contributed by atoms with Crippen LogP contribution in [0.25, 0.3) is 5.65 Å². The monoisotopic (exact) mass is 255 g/mol. The molecule has 14 heavy (non-hydrogen) atoms. The van der Waals surface area contributed by atoms with E-state index in [0.717, 1.165) is 11.5 Å². The first-order valence-electron chi connectivity index (χ1n) is 4.28. The first-order valence-corrected chi connectivity index (χ1v) is 5.07. The summed E-state index contributed by atoms with van der Waals surface area (Å²) >= 11 is 3.31. The minimum atomic E-state index is 0.0781. The zero-order valence-corrected chi connectivity index (χ0v) is 9.27. The maximum Gasteiger partial charge on any atom is 0.193 e. The van der Waals surface area contributed by atoms with Gasteiger partial charge in [0.25, 0.3) is 0 Å². The van der Waals surface area contributed by atoms with E-state index in [1.54, 1.807) is 6.20 Å². The predicted octanol–water partition coefficient (Wildman–Crippen LogP) is 0.776. The molecular formula is C8H10BrN5. The molecule has 0 bridgehead atoms. The lowest BCUT2D eigenvalue weighted by Gasteiger charge is -2.02. The zero-order valence-electron chi connectivity index (χ0n) is 7.68. The maximum absolute atomic E-state index is 5.70. The van der Waals surface area contributed by atoms with Crippen molar-refractivity contribution in [3.8, 4) is 0 Å². The van der Waals surface area contributed by atoms with Crippen molar-refractivity contribution >= 4 is 21.6 Å². The largest absolute Gasteiger partial charge is 0.328 e. The molecule has 2 aromatic rings. The molecule has 0 saturated heterocycles. The van der Waals surface area contributed by atoms with Crippen LogP contribution in [-0.4, -0.2) is 25.6 Å². The lowest BCUT2D eigenvalue weighted by Crippen LogP contribution is -2.19. The molecule has 2 heterocycles. The van der Waals surface area contributed by atoms with E-state index in [9.17, 15) is 0 Å². The molecule has 0 radical (unpaired) electrons. The highest BCUT2D eigenvalue weighted by molar-refractivity contribution is 9.10. The molecule has 6 heteroatoms. The minimum absolute atomic E-state index is 0.0781. The molecule has 0 saturated carbocycles. The van der Waals surface area contributed by atoms with Gasteiger partial charge in [0, 0.05) is 24.9 Å². The molecule has 0 aliphatic heterocycles. The van der Waals surface area contributed by atoms with E-state index < -0.39 is 0 Å². The first kappa shape index (κ1) is 9.54. The van der Waals surface area contributed by atoms with E-state index >= 15 is 0 Å². The highest BCUT2D eigenvalue weighted by Gasteiger charge is 2.09. The van der Waals surface area contributed by atoms with Gasteiger partial charge in [-0.2, -0.15) is 0 Å². The van der Waals surface area contributed by atoms with E-state index in [2.05, 4.69) is 31.1 Å². The van der Waals surface area contributed by atoms with Gasteiger partial charge in [-0.25, -0.2) is 4.98 Å². The van der Waals surface area contributed by atoms with Crippen molar-refractivity contribution in [1.29, 1.82) is 0 Å². The van der Waals surface area contributed by atoms with Gasteiger partial charge in [-0.1, -0.05) is 0 Å². The quantitative estimate of drug-likeness (QED) is 0.861. The second kappa shape index (κ2) is 3.62. The van der Waals surface area contributed by atoms with Gasteiger partial charge in [0.2, 0.25) is 0 Å². The number of hydrogen-bond donors (Lipinski definition) is 1. The van der Waals surface area contributed by atoms with Crippen molar-refractivity contribution in [1.82, 2.24) is 19.6 Å². The lowest BCUT2D eigenvalue weighted by molar-refractivity contribution is 0.694. The van der Waals surface area contributed by atoms with E-state index in [1.807, 2.05) is 17.5 Å². The van der Waals surface area contributed by atoms with Crippen LogP contribution in [0.5, 0.6) is 0 Å². The summed E-state index contributed by atoms with van der Waals surface area (Å²) in [5.41, 5.74) is 6.43. The van der Waals surface area contributed by atoms with Gasteiger partial charge in [0.1, 0.15) is 5.82 Å². The number of hydrogen-bond acceptors (Lipinski definition) is 4. The Hall–Kier alpha value is -1.01. The van der Waals surface area contributed by atoms with Crippen LogP contribution in [0.2, 0.25) is 0 Å². The summed E-state index contributed by atoms with van der Waals surface area (Å²) in [7, 11) is 0. The Balaban J connectivity index is 2.52. The Kier molecular flexibility index (Phi) is 2.47. The molecule has 0 spiro atoms. The van der Waals surface area contributed by atoms with E-state index in [4.69, 9.17) is 5.73 Å². The Labute approximate surface area is 89.5 Å². The summed E-state index contributed by atoms with van der Waals surface area (Å²) in [5.74, 6) is 0.859. The molecule has 0 aromatic carbocycles. The van der Waals surface area contributed by atoms with Crippen LogP contribution >= 0.6 is 15.9 Å². The molecule has 0 aliphatic rings. The zero-order chi connectivity index (χ0) is 10.1. The summed E-state index contributed by atoms with van der Waals surface area (Å²) in [4.78, 5) is 4.06. The van der Waals surface area contributed by atoms with Gasteiger partial charge >= 0.3 is 0 Å². The van der Waals surface area contributed by atoms with Gasteiger partial charge in [0.15, 0.2) is 10.3 Å². The van der Waals surface area contributed by atoms with Crippen LogP contribution in [0, 0.1) is 0 Å². The van der Waals surface area contributed by atoms with Crippen molar-refractivity contribution in [2.24, 2.45) is 5.73 Å². The smallest absolute Gasteiger partial charge is 0.193 e. The topological polar surface area (TPSA) is 69.1 Å². The number of rotatable bonds is 2. The molecule has 2 aromatic heterocycles. The maximum atomic E-state index is 5.70. The third-order valence-corrected chi connectivity index (χ3v) is 2.42.